The highest BCUT2D eigenvalue weighted by atomic mass is 32.1. The number of aryl methyl sites for hydroxylation is 1. The van der Waals surface area contributed by atoms with Crippen molar-refractivity contribution in [3.8, 4) is 0 Å². The molecule has 0 bridgehead atoms. The Balaban J connectivity index is 2.07. The van der Waals surface area contributed by atoms with Gasteiger partial charge in [0.15, 0.2) is 0 Å². The number of thiophene rings is 2. The Morgan fingerprint density at radius 1 is 1.21 bits per heavy atom. The van der Waals surface area contributed by atoms with Crippen LogP contribution in [0.2, 0.25) is 0 Å². The van der Waals surface area contributed by atoms with Gasteiger partial charge in [-0.15, -0.1) is 22.7 Å². The lowest BCUT2D eigenvalue weighted by molar-refractivity contribution is 0.646. The Morgan fingerprint density at radius 3 is 2.74 bits per heavy atom. The molecule has 0 saturated carbocycles. The van der Waals surface area contributed by atoms with E-state index in [0.29, 0.717) is 6.04 Å². The molecule has 3 rings (SSSR count). The lowest BCUT2D eigenvalue weighted by atomic mass is 10.1. The second-order valence-electron chi connectivity index (χ2n) is 4.65. The van der Waals surface area contributed by atoms with Crippen LogP contribution in [0.4, 0.5) is 0 Å². The molecule has 98 valence electrons. The SMILES string of the molecule is CCNC(c1cc2ccccc2s1)c1sccc1C. The number of hydrogen-bond acceptors (Lipinski definition) is 3. The molecule has 3 aromatic rings. The minimum Gasteiger partial charge on any atom is -0.305 e. The minimum absolute atomic E-state index is 0.336. The summed E-state index contributed by atoms with van der Waals surface area (Å²) >= 11 is 3.74. The lowest BCUT2D eigenvalue weighted by Crippen LogP contribution is -2.20. The smallest absolute Gasteiger partial charge is 0.0767 e. The largest absolute Gasteiger partial charge is 0.305 e. The normalized spacial score (nSPS) is 12.9. The molecule has 0 fully saturated rings. The molecule has 1 nitrogen and oxygen atoms in total. The van der Waals surface area contributed by atoms with Gasteiger partial charge in [0.25, 0.3) is 0 Å². The summed E-state index contributed by atoms with van der Waals surface area (Å²) in [6, 6.07) is 13.5. The van der Waals surface area contributed by atoms with E-state index in [0.717, 1.165) is 6.54 Å². The van der Waals surface area contributed by atoms with Crippen LogP contribution in [0.5, 0.6) is 0 Å². The van der Waals surface area contributed by atoms with Crippen LogP contribution in [0.25, 0.3) is 10.1 Å². The fourth-order valence-electron chi connectivity index (χ4n) is 2.35. The average Bonchev–Trinajstić information content (AvgIpc) is 3.02. The van der Waals surface area contributed by atoms with Gasteiger partial charge in [-0.3, -0.25) is 0 Å². The van der Waals surface area contributed by atoms with Crippen molar-refractivity contribution in [1.29, 1.82) is 0 Å². The number of hydrogen-bond donors (Lipinski definition) is 1. The zero-order valence-corrected chi connectivity index (χ0v) is 12.8. The maximum absolute atomic E-state index is 3.62. The summed E-state index contributed by atoms with van der Waals surface area (Å²) in [5.41, 5.74) is 1.38. The van der Waals surface area contributed by atoms with Gasteiger partial charge < -0.3 is 5.32 Å². The first kappa shape index (κ1) is 12.9. The van der Waals surface area contributed by atoms with Gasteiger partial charge in [0.1, 0.15) is 0 Å². The molecule has 0 saturated heterocycles. The van der Waals surface area contributed by atoms with E-state index >= 15 is 0 Å². The van der Waals surface area contributed by atoms with Crippen molar-refractivity contribution >= 4 is 32.8 Å². The summed E-state index contributed by atoms with van der Waals surface area (Å²) < 4.78 is 1.37. The molecule has 3 heteroatoms. The summed E-state index contributed by atoms with van der Waals surface area (Å²) in [4.78, 5) is 2.85. The Kier molecular flexibility index (Phi) is 3.69. The van der Waals surface area contributed by atoms with E-state index in [9.17, 15) is 0 Å². The van der Waals surface area contributed by atoms with Gasteiger partial charge in [-0.05, 0) is 48.0 Å². The fourth-order valence-corrected chi connectivity index (χ4v) is 4.60. The Bertz CT molecular complexity index is 648. The fraction of sp³-hybridized carbons (Fsp3) is 0.250. The van der Waals surface area contributed by atoms with Gasteiger partial charge in [-0.25, -0.2) is 0 Å². The maximum atomic E-state index is 3.62. The zero-order valence-electron chi connectivity index (χ0n) is 11.1. The molecule has 1 aromatic carbocycles. The van der Waals surface area contributed by atoms with Gasteiger partial charge in [-0.2, -0.15) is 0 Å². The van der Waals surface area contributed by atoms with Crippen LogP contribution in [0.3, 0.4) is 0 Å². The van der Waals surface area contributed by atoms with Gasteiger partial charge in [0.05, 0.1) is 6.04 Å². The predicted molar refractivity (Wildman–Crippen MR) is 86.4 cm³/mol. The first-order chi connectivity index (χ1) is 9.29. The maximum Gasteiger partial charge on any atom is 0.0767 e. The summed E-state index contributed by atoms with van der Waals surface area (Å²) in [7, 11) is 0. The molecule has 0 spiro atoms. The third-order valence-corrected chi connectivity index (χ3v) is 5.57. The first-order valence-corrected chi connectivity index (χ1v) is 8.25. The van der Waals surface area contributed by atoms with Gasteiger partial charge in [-0.1, -0.05) is 25.1 Å². The van der Waals surface area contributed by atoms with Gasteiger partial charge >= 0.3 is 0 Å². The zero-order chi connectivity index (χ0) is 13.2. The van der Waals surface area contributed by atoms with Crippen LogP contribution in [0.1, 0.15) is 28.3 Å². The number of rotatable bonds is 4. The van der Waals surface area contributed by atoms with E-state index in [1.807, 2.05) is 22.7 Å². The molecule has 1 unspecified atom stereocenters. The van der Waals surface area contributed by atoms with Crippen molar-refractivity contribution in [2.75, 3.05) is 6.54 Å². The molecule has 2 aromatic heterocycles. The third kappa shape index (κ3) is 2.46. The third-order valence-electron chi connectivity index (χ3n) is 3.30. The van der Waals surface area contributed by atoms with Crippen LogP contribution in [-0.2, 0) is 0 Å². The van der Waals surface area contributed by atoms with Crippen LogP contribution in [0, 0.1) is 6.92 Å². The molecule has 2 heterocycles. The Morgan fingerprint density at radius 2 is 2.05 bits per heavy atom. The molecule has 0 amide bonds. The second-order valence-corrected chi connectivity index (χ2v) is 6.71. The van der Waals surface area contributed by atoms with Crippen LogP contribution in [-0.4, -0.2) is 6.54 Å². The average molecular weight is 287 g/mol. The van der Waals surface area contributed by atoms with Crippen molar-refractivity contribution in [2.45, 2.75) is 19.9 Å². The van der Waals surface area contributed by atoms with Crippen molar-refractivity contribution in [1.82, 2.24) is 5.32 Å². The van der Waals surface area contributed by atoms with E-state index in [1.54, 1.807) is 0 Å². The van der Waals surface area contributed by atoms with Crippen molar-refractivity contribution in [2.24, 2.45) is 0 Å². The quantitative estimate of drug-likeness (QED) is 0.714. The van der Waals surface area contributed by atoms with E-state index in [1.165, 1.54) is 25.4 Å². The minimum atomic E-state index is 0.336. The van der Waals surface area contributed by atoms with Gasteiger partial charge in [0.2, 0.25) is 0 Å². The summed E-state index contributed by atoms with van der Waals surface area (Å²) in [5, 5.41) is 7.15. The van der Waals surface area contributed by atoms with E-state index in [4.69, 9.17) is 0 Å². The van der Waals surface area contributed by atoms with Gasteiger partial charge in [0, 0.05) is 14.5 Å². The van der Waals surface area contributed by atoms with Crippen molar-refractivity contribution < 1.29 is 0 Å². The van der Waals surface area contributed by atoms with Crippen molar-refractivity contribution in [3.05, 3.63) is 57.1 Å². The number of benzene rings is 1. The second kappa shape index (κ2) is 5.45. The molecule has 1 N–H and O–H groups in total. The summed E-state index contributed by atoms with van der Waals surface area (Å²) in [6.07, 6.45) is 0. The van der Waals surface area contributed by atoms with Crippen LogP contribution < -0.4 is 5.32 Å². The Labute approximate surface area is 121 Å². The van der Waals surface area contributed by atoms with E-state index in [-0.39, 0.29) is 0 Å². The highest BCUT2D eigenvalue weighted by Gasteiger charge is 2.18. The Hall–Kier alpha value is -1.16. The predicted octanol–water partition coefficient (Wildman–Crippen LogP) is 4.97. The summed E-state index contributed by atoms with van der Waals surface area (Å²) in [5.74, 6) is 0. The monoisotopic (exact) mass is 287 g/mol. The highest BCUT2D eigenvalue weighted by Crippen LogP contribution is 2.36. The molecule has 0 aliphatic carbocycles. The molecule has 0 aliphatic rings. The topological polar surface area (TPSA) is 12.0 Å². The van der Waals surface area contributed by atoms with Crippen molar-refractivity contribution in [3.63, 3.8) is 0 Å². The first-order valence-electron chi connectivity index (χ1n) is 6.55. The van der Waals surface area contributed by atoms with Crippen LogP contribution in [0.15, 0.2) is 41.8 Å². The number of nitrogens with one attached hydrogen (secondary N) is 1. The molecule has 0 radical (unpaired) electrons. The highest BCUT2D eigenvalue weighted by molar-refractivity contribution is 7.19. The molecule has 19 heavy (non-hydrogen) atoms. The van der Waals surface area contributed by atoms with Crippen LogP contribution >= 0.6 is 22.7 Å². The molecular weight excluding hydrogens is 270 g/mol. The summed E-state index contributed by atoms with van der Waals surface area (Å²) in [6.45, 7) is 5.35. The van der Waals surface area contributed by atoms with E-state index in [2.05, 4.69) is 60.9 Å². The molecular formula is C16H17NS2. The molecule has 1 atom stereocenters. The standard InChI is InChI=1S/C16H17NS2/c1-3-17-15(16-11(2)8-9-18-16)14-10-12-6-4-5-7-13(12)19-14/h4-10,15,17H,3H2,1-2H3. The number of fused-ring (bicyclic) bond motifs is 1. The lowest BCUT2D eigenvalue weighted by Gasteiger charge is -2.16. The molecule has 0 aliphatic heterocycles. The van der Waals surface area contributed by atoms with E-state index < -0.39 is 0 Å².